The van der Waals surface area contributed by atoms with Crippen molar-refractivity contribution in [1.82, 2.24) is 10.7 Å². The van der Waals surface area contributed by atoms with Crippen LogP contribution in [0.1, 0.15) is 40.9 Å². The molecular weight excluding hydrogens is 527 g/mol. The minimum Gasteiger partial charge on any atom is -0.488 e. The van der Waals surface area contributed by atoms with Crippen molar-refractivity contribution in [1.29, 1.82) is 5.26 Å². The predicted octanol–water partition coefficient (Wildman–Crippen LogP) is 4.94. The van der Waals surface area contributed by atoms with Gasteiger partial charge in [0.15, 0.2) is 0 Å². The number of rotatable bonds is 9. The number of carbonyl (C=O) groups excluding carboxylic acids is 2. The molecule has 0 aromatic heterocycles. The SMILES string of the molecule is CC(C)C(NC(=O)c1ccc(F)cc1)C(=O)N/N=C/c1ccc(OCc2ccccc2C#N)c(Br)c1. The van der Waals surface area contributed by atoms with Gasteiger partial charge in [-0.3, -0.25) is 9.59 Å². The summed E-state index contributed by atoms with van der Waals surface area (Å²) in [6, 6.07) is 18.9. The van der Waals surface area contributed by atoms with Crippen molar-refractivity contribution in [3.8, 4) is 11.8 Å². The van der Waals surface area contributed by atoms with Crippen molar-refractivity contribution in [2.75, 3.05) is 0 Å². The third-order valence-corrected chi connectivity index (χ3v) is 5.83. The Hall–Kier alpha value is -4.03. The van der Waals surface area contributed by atoms with Crippen molar-refractivity contribution in [2.45, 2.75) is 26.5 Å². The molecular formula is C27H24BrFN4O3. The number of nitriles is 1. The summed E-state index contributed by atoms with van der Waals surface area (Å²) in [6.45, 7) is 3.83. The van der Waals surface area contributed by atoms with Crippen LogP contribution < -0.4 is 15.5 Å². The maximum absolute atomic E-state index is 13.1. The topological polar surface area (TPSA) is 104 Å². The van der Waals surface area contributed by atoms with E-state index in [-0.39, 0.29) is 18.1 Å². The van der Waals surface area contributed by atoms with E-state index in [1.54, 1.807) is 44.2 Å². The van der Waals surface area contributed by atoms with Crippen LogP contribution in [0.5, 0.6) is 5.75 Å². The highest BCUT2D eigenvalue weighted by Gasteiger charge is 2.24. The maximum atomic E-state index is 13.1. The van der Waals surface area contributed by atoms with Crippen LogP contribution in [-0.4, -0.2) is 24.1 Å². The van der Waals surface area contributed by atoms with Crippen LogP contribution in [0.4, 0.5) is 4.39 Å². The first-order chi connectivity index (χ1) is 17.3. The van der Waals surface area contributed by atoms with Crippen LogP contribution in [0.25, 0.3) is 0 Å². The van der Waals surface area contributed by atoms with Crippen LogP contribution in [-0.2, 0) is 11.4 Å². The smallest absolute Gasteiger partial charge is 0.262 e. The summed E-state index contributed by atoms with van der Waals surface area (Å²) in [5, 5.41) is 15.9. The molecule has 0 aliphatic carbocycles. The number of hydrogen-bond donors (Lipinski definition) is 2. The second-order valence-electron chi connectivity index (χ2n) is 8.18. The number of carbonyl (C=O) groups is 2. The zero-order valence-corrected chi connectivity index (χ0v) is 21.3. The van der Waals surface area contributed by atoms with E-state index in [1.807, 2.05) is 12.1 Å². The Bertz CT molecular complexity index is 1300. The Morgan fingerprint density at radius 3 is 2.53 bits per heavy atom. The van der Waals surface area contributed by atoms with Crippen LogP contribution in [0.15, 0.2) is 76.3 Å². The quantitative estimate of drug-likeness (QED) is 0.290. The van der Waals surface area contributed by atoms with Gasteiger partial charge < -0.3 is 10.1 Å². The number of hydrazone groups is 1. The largest absolute Gasteiger partial charge is 0.488 e. The molecule has 7 nitrogen and oxygen atoms in total. The summed E-state index contributed by atoms with van der Waals surface area (Å²) < 4.78 is 19.6. The zero-order valence-electron chi connectivity index (χ0n) is 19.7. The Balaban J connectivity index is 1.58. The Morgan fingerprint density at radius 2 is 1.86 bits per heavy atom. The fourth-order valence-electron chi connectivity index (χ4n) is 3.23. The van der Waals surface area contributed by atoms with Gasteiger partial charge in [-0.05, 0) is 75.9 Å². The molecule has 184 valence electrons. The molecule has 2 amide bonds. The number of benzene rings is 3. The molecule has 0 heterocycles. The van der Waals surface area contributed by atoms with Gasteiger partial charge in [0.25, 0.3) is 11.8 Å². The van der Waals surface area contributed by atoms with E-state index in [0.717, 1.165) is 5.56 Å². The first-order valence-corrected chi connectivity index (χ1v) is 11.9. The van der Waals surface area contributed by atoms with Crippen LogP contribution in [0.2, 0.25) is 0 Å². The van der Waals surface area contributed by atoms with Gasteiger partial charge in [0, 0.05) is 11.1 Å². The molecule has 9 heteroatoms. The summed E-state index contributed by atoms with van der Waals surface area (Å²) in [6.07, 6.45) is 1.47. The standard InChI is InChI=1S/C27H24BrFN4O3/c1-17(2)25(32-26(34)19-8-10-22(29)11-9-19)27(35)33-31-15-18-7-12-24(23(28)13-18)36-16-21-6-4-3-5-20(21)14-30/h3-13,15,17,25H,16H2,1-2H3,(H,32,34)(H,33,35)/b31-15+. The lowest BCUT2D eigenvalue weighted by Crippen LogP contribution is -2.48. The molecule has 0 saturated carbocycles. The first-order valence-electron chi connectivity index (χ1n) is 11.1. The minimum absolute atomic E-state index is 0.207. The van der Waals surface area contributed by atoms with E-state index in [0.29, 0.717) is 21.3 Å². The lowest BCUT2D eigenvalue weighted by atomic mass is 10.0. The van der Waals surface area contributed by atoms with Gasteiger partial charge >= 0.3 is 0 Å². The molecule has 3 aromatic rings. The van der Waals surface area contributed by atoms with Crippen molar-refractivity contribution in [3.63, 3.8) is 0 Å². The molecule has 0 saturated heterocycles. The fourth-order valence-corrected chi connectivity index (χ4v) is 3.74. The lowest BCUT2D eigenvalue weighted by molar-refractivity contribution is -0.123. The van der Waals surface area contributed by atoms with E-state index < -0.39 is 23.7 Å². The summed E-state index contributed by atoms with van der Waals surface area (Å²) >= 11 is 3.46. The number of ether oxygens (including phenoxy) is 1. The highest BCUT2D eigenvalue weighted by atomic mass is 79.9. The van der Waals surface area contributed by atoms with Gasteiger partial charge in [-0.1, -0.05) is 32.0 Å². The fraction of sp³-hybridized carbons (Fsp3) is 0.185. The van der Waals surface area contributed by atoms with Crippen LogP contribution >= 0.6 is 15.9 Å². The molecule has 0 aliphatic rings. The van der Waals surface area contributed by atoms with Crippen LogP contribution in [0, 0.1) is 23.1 Å². The third-order valence-electron chi connectivity index (χ3n) is 5.21. The number of halogens is 2. The monoisotopic (exact) mass is 550 g/mol. The predicted molar refractivity (Wildman–Crippen MR) is 138 cm³/mol. The Kier molecular flexibility index (Phi) is 9.31. The second kappa shape index (κ2) is 12.6. The summed E-state index contributed by atoms with van der Waals surface area (Å²) in [5.74, 6) is -1.03. The maximum Gasteiger partial charge on any atom is 0.262 e. The van der Waals surface area contributed by atoms with Gasteiger partial charge in [0.2, 0.25) is 0 Å². The van der Waals surface area contributed by atoms with Gasteiger partial charge in [-0.15, -0.1) is 0 Å². The Labute approximate surface area is 217 Å². The molecule has 3 rings (SSSR count). The van der Waals surface area contributed by atoms with E-state index >= 15 is 0 Å². The second-order valence-corrected chi connectivity index (χ2v) is 9.04. The highest BCUT2D eigenvalue weighted by Crippen LogP contribution is 2.26. The summed E-state index contributed by atoms with van der Waals surface area (Å²) in [5.41, 5.74) is 4.74. The molecule has 0 bridgehead atoms. The average molecular weight is 551 g/mol. The van der Waals surface area contributed by atoms with Gasteiger partial charge in [0.1, 0.15) is 24.2 Å². The van der Waals surface area contributed by atoms with Gasteiger partial charge in [-0.2, -0.15) is 10.4 Å². The van der Waals surface area contributed by atoms with Crippen molar-refractivity contribution < 1.29 is 18.7 Å². The van der Waals surface area contributed by atoms with Crippen molar-refractivity contribution >= 4 is 34.0 Å². The number of amides is 2. The van der Waals surface area contributed by atoms with Crippen LogP contribution in [0.3, 0.4) is 0 Å². The lowest BCUT2D eigenvalue weighted by Gasteiger charge is -2.20. The molecule has 1 atom stereocenters. The van der Waals surface area contributed by atoms with Gasteiger partial charge in [0.05, 0.1) is 22.3 Å². The molecule has 2 N–H and O–H groups in total. The van der Waals surface area contributed by atoms with E-state index in [1.165, 1.54) is 30.5 Å². The highest BCUT2D eigenvalue weighted by molar-refractivity contribution is 9.10. The molecule has 0 fully saturated rings. The Morgan fingerprint density at radius 1 is 1.14 bits per heavy atom. The van der Waals surface area contributed by atoms with Crippen molar-refractivity contribution in [2.24, 2.45) is 11.0 Å². The number of nitrogens with zero attached hydrogens (tertiary/aromatic N) is 2. The molecule has 0 spiro atoms. The molecule has 0 aliphatic heterocycles. The molecule has 0 radical (unpaired) electrons. The number of nitrogens with one attached hydrogen (secondary N) is 2. The first kappa shape index (κ1) is 26.6. The summed E-state index contributed by atoms with van der Waals surface area (Å²) in [4.78, 5) is 25.1. The van der Waals surface area contributed by atoms with Crippen molar-refractivity contribution in [3.05, 3.63) is 99.3 Å². The number of hydrogen-bond acceptors (Lipinski definition) is 5. The molecule has 3 aromatic carbocycles. The normalized spacial score (nSPS) is 11.7. The van der Waals surface area contributed by atoms with E-state index in [4.69, 9.17) is 4.74 Å². The minimum atomic E-state index is -0.835. The molecule has 36 heavy (non-hydrogen) atoms. The summed E-state index contributed by atoms with van der Waals surface area (Å²) in [7, 11) is 0. The average Bonchev–Trinajstić information content (AvgIpc) is 2.87. The van der Waals surface area contributed by atoms with E-state index in [2.05, 4.69) is 37.8 Å². The third kappa shape index (κ3) is 7.23. The molecule has 1 unspecified atom stereocenters. The zero-order chi connectivity index (χ0) is 26.1. The van der Waals surface area contributed by atoms with Gasteiger partial charge in [-0.25, -0.2) is 9.82 Å². The van der Waals surface area contributed by atoms with E-state index in [9.17, 15) is 19.2 Å².